The lowest BCUT2D eigenvalue weighted by atomic mass is 10.1. The maximum atomic E-state index is 11.4. The first-order valence-electron chi connectivity index (χ1n) is 5.37. The molecule has 0 aromatic heterocycles. The molecule has 0 saturated heterocycles. The summed E-state index contributed by atoms with van der Waals surface area (Å²) in [4.78, 5) is 21.6. The Morgan fingerprint density at radius 3 is 2.63 bits per heavy atom. The van der Waals surface area contributed by atoms with Gasteiger partial charge in [0.1, 0.15) is 0 Å². The number of carbonyl (C=O) groups excluding carboxylic acids is 1. The highest BCUT2D eigenvalue weighted by molar-refractivity contribution is 9.11. The molecule has 0 radical (unpaired) electrons. The molecule has 0 bridgehead atoms. The van der Waals surface area contributed by atoms with Gasteiger partial charge in [0, 0.05) is 29.5 Å². The van der Waals surface area contributed by atoms with Crippen LogP contribution in [0.3, 0.4) is 0 Å². The van der Waals surface area contributed by atoms with E-state index in [0.717, 1.165) is 4.47 Å². The average Bonchev–Trinajstić information content (AvgIpc) is 2.32. The normalized spacial score (nSPS) is 11.3. The first-order chi connectivity index (χ1) is 8.85. The molecule has 0 atom stereocenters. The van der Waals surface area contributed by atoms with Crippen molar-refractivity contribution in [2.24, 2.45) is 0 Å². The standard InChI is InChI=1S/C12H11Br2NO4/c1-3-11(16)19-12-8(4-7(2)15(17)18)5-9(13)6-10(12)14/h4-6H,3H2,1-2H3/b7-4+. The second kappa shape index (κ2) is 6.81. The van der Waals surface area contributed by atoms with E-state index in [9.17, 15) is 14.9 Å². The summed E-state index contributed by atoms with van der Waals surface area (Å²) in [5, 5.41) is 10.7. The third kappa shape index (κ3) is 4.43. The highest BCUT2D eigenvalue weighted by atomic mass is 79.9. The van der Waals surface area contributed by atoms with Crippen molar-refractivity contribution in [1.29, 1.82) is 0 Å². The largest absolute Gasteiger partial charge is 0.425 e. The molecule has 0 aliphatic rings. The smallest absolute Gasteiger partial charge is 0.310 e. The number of nitro groups is 1. The summed E-state index contributed by atoms with van der Waals surface area (Å²) in [5.74, 6) is -0.132. The summed E-state index contributed by atoms with van der Waals surface area (Å²) in [7, 11) is 0. The van der Waals surface area contributed by atoms with Crippen LogP contribution in [0.5, 0.6) is 5.75 Å². The number of hydrogen-bond acceptors (Lipinski definition) is 4. The Morgan fingerprint density at radius 1 is 1.47 bits per heavy atom. The maximum absolute atomic E-state index is 11.4. The summed E-state index contributed by atoms with van der Waals surface area (Å²) in [6.07, 6.45) is 1.58. The Hall–Kier alpha value is -1.21. The molecular weight excluding hydrogens is 382 g/mol. The third-order valence-electron chi connectivity index (χ3n) is 2.19. The minimum Gasteiger partial charge on any atom is -0.425 e. The van der Waals surface area contributed by atoms with Gasteiger partial charge in [0.05, 0.1) is 9.40 Å². The van der Waals surface area contributed by atoms with E-state index in [1.54, 1.807) is 19.1 Å². The molecule has 1 rings (SSSR count). The minimum absolute atomic E-state index is 0.0428. The lowest BCUT2D eigenvalue weighted by Gasteiger charge is -2.09. The van der Waals surface area contributed by atoms with Crippen molar-refractivity contribution < 1.29 is 14.5 Å². The molecule has 0 aliphatic carbocycles. The van der Waals surface area contributed by atoms with Gasteiger partial charge in [-0.2, -0.15) is 0 Å². The van der Waals surface area contributed by atoms with E-state index in [0.29, 0.717) is 10.0 Å². The predicted molar refractivity (Wildman–Crippen MR) is 78.4 cm³/mol. The number of hydrogen-bond donors (Lipinski definition) is 0. The zero-order chi connectivity index (χ0) is 14.6. The van der Waals surface area contributed by atoms with E-state index in [2.05, 4.69) is 31.9 Å². The van der Waals surface area contributed by atoms with Crippen LogP contribution in [0, 0.1) is 10.1 Å². The molecule has 0 spiro atoms. The molecule has 0 unspecified atom stereocenters. The molecule has 0 saturated carbocycles. The number of rotatable bonds is 4. The van der Waals surface area contributed by atoms with Crippen LogP contribution in [0.2, 0.25) is 0 Å². The van der Waals surface area contributed by atoms with Gasteiger partial charge in [-0.25, -0.2) is 0 Å². The molecule has 0 N–H and O–H groups in total. The van der Waals surface area contributed by atoms with Gasteiger partial charge < -0.3 is 4.74 Å². The van der Waals surface area contributed by atoms with Gasteiger partial charge >= 0.3 is 5.97 Å². The fourth-order valence-electron chi connectivity index (χ4n) is 1.26. The van der Waals surface area contributed by atoms with Crippen molar-refractivity contribution >= 4 is 43.9 Å². The number of esters is 1. The summed E-state index contributed by atoms with van der Waals surface area (Å²) in [5.41, 5.74) is 0.413. The summed E-state index contributed by atoms with van der Waals surface area (Å²) < 4.78 is 6.45. The van der Waals surface area contributed by atoms with E-state index in [-0.39, 0.29) is 17.9 Å². The zero-order valence-electron chi connectivity index (χ0n) is 10.3. The quantitative estimate of drug-likeness (QED) is 0.334. The number of benzene rings is 1. The van der Waals surface area contributed by atoms with Crippen molar-refractivity contribution in [2.45, 2.75) is 20.3 Å². The van der Waals surface area contributed by atoms with Gasteiger partial charge in [-0.1, -0.05) is 22.9 Å². The molecule has 0 heterocycles. The molecule has 5 nitrogen and oxygen atoms in total. The second-order valence-electron chi connectivity index (χ2n) is 3.68. The lowest BCUT2D eigenvalue weighted by Crippen LogP contribution is -2.07. The van der Waals surface area contributed by atoms with Crippen LogP contribution in [0.4, 0.5) is 0 Å². The van der Waals surface area contributed by atoms with E-state index >= 15 is 0 Å². The third-order valence-corrected chi connectivity index (χ3v) is 3.24. The SMILES string of the molecule is CCC(=O)Oc1c(Br)cc(Br)cc1/C=C(\C)[N+](=O)[O-]. The fourth-order valence-corrected chi connectivity index (χ4v) is 2.60. The van der Waals surface area contributed by atoms with Gasteiger partial charge in [0.15, 0.2) is 5.75 Å². The highest BCUT2D eigenvalue weighted by Crippen LogP contribution is 2.34. The van der Waals surface area contributed by atoms with Gasteiger partial charge in [-0.3, -0.25) is 14.9 Å². The van der Waals surface area contributed by atoms with E-state index in [1.807, 2.05) is 0 Å². The Balaban J connectivity index is 3.32. The van der Waals surface area contributed by atoms with Crippen molar-refractivity contribution in [1.82, 2.24) is 0 Å². The van der Waals surface area contributed by atoms with E-state index in [4.69, 9.17) is 4.74 Å². The Morgan fingerprint density at radius 2 is 2.11 bits per heavy atom. The van der Waals surface area contributed by atoms with Crippen molar-refractivity contribution in [3.8, 4) is 5.75 Å². The first-order valence-corrected chi connectivity index (χ1v) is 6.96. The number of carbonyl (C=O) groups is 1. The van der Waals surface area contributed by atoms with Crippen LogP contribution >= 0.6 is 31.9 Å². The van der Waals surface area contributed by atoms with Crippen LogP contribution in [0.25, 0.3) is 6.08 Å². The Kier molecular flexibility index (Phi) is 5.68. The molecule has 1 aromatic carbocycles. The summed E-state index contributed by atoms with van der Waals surface area (Å²) >= 11 is 6.56. The number of ether oxygens (including phenoxy) is 1. The average molecular weight is 393 g/mol. The van der Waals surface area contributed by atoms with Crippen LogP contribution in [0.1, 0.15) is 25.8 Å². The molecule has 0 fully saturated rings. The molecule has 102 valence electrons. The monoisotopic (exact) mass is 391 g/mol. The van der Waals surface area contributed by atoms with Gasteiger partial charge in [0.25, 0.3) is 0 Å². The van der Waals surface area contributed by atoms with Crippen LogP contribution in [0.15, 0.2) is 26.8 Å². The molecule has 1 aromatic rings. The topological polar surface area (TPSA) is 69.4 Å². The second-order valence-corrected chi connectivity index (χ2v) is 5.45. The summed E-state index contributed by atoms with van der Waals surface area (Å²) in [6, 6.07) is 3.35. The molecule has 19 heavy (non-hydrogen) atoms. The van der Waals surface area contributed by atoms with Crippen LogP contribution in [-0.4, -0.2) is 10.9 Å². The summed E-state index contributed by atoms with van der Waals surface area (Å²) in [6.45, 7) is 3.05. The van der Waals surface area contributed by atoms with Crippen molar-refractivity contribution in [2.75, 3.05) is 0 Å². The van der Waals surface area contributed by atoms with Crippen LogP contribution < -0.4 is 4.74 Å². The molecular formula is C12H11Br2NO4. The van der Waals surface area contributed by atoms with Crippen LogP contribution in [-0.2, 0) is 4.79 Å². The van der Waals surface area contributed by atoms with Gasteiger partial charge in [-0.15, -0.1) is 0 Å². The Bertz CT molecular complexity index is 555. The zero-order valence-corrected chi connectivity index (χ0v) is 13.4. The maximum Gasteiger partial charge on any atom is 0.310 e. The first kappa shape index (κ1) is 15.8. The van der Waals surface area contributed by atoms with E-state index < -0.39 is 10.9 Å². The highest BCUT2D eigenvalue weighted by Gasteiger charge is 2.14. The molecule has 0 amide bonds. The Labute approximate surface area is 127 Å². The lowest BCUT2D eigenvalue weighted by molar-refractivity contribution is -0.422. The van der Waals surface area contributed by atoms with E-state index in [1.165, 1.54) is 13.0 Å². The van der Waals surface area contributed by atoms with Gasteiger partial charge in [0.2, 0.25) is 5.70 Å². The van der Waals surface area contributed by atoms with Gasteiger partial charge in [-0.05, 0) is 28.1 Å². The van der Waals surface area contributed by atoms with Crippen molar-refractivity contribution in [3.63, 3.8) is 0 Å². The number of allylic oxidation sites excluding steroid dienone is 1. The molecule has 7 heteroatoms. The number of halogens is 2. The van der Waals surface area contributed by atoms with Crippen molar-refractivity contribution in [3.05, 3.63) is 42.5 Å². The fraction of sp³-hybridized carbons (Fsp3) is 0.250. The predicted octanol–water partition coefficient (Wildman–Crippen LogP) is 4.16. The number of nitrogens with zero attached hydrogens (tertiary/aromatic N) is 1. The molecule has 0 aliphatic heterocycles. The minimum atomic E-state index is -0.500.